The lowest BCUT2D eigenvalue weighted by molar-refractivity contribution is -0.161. The molecule has 0 saturated carbocycles. The van der Waals surface area contributed by atoms with Gasteiger partial charge < -0.3 is 14.6 Å². The number of aliphatic hydroxyl groups excluding tert-OH is 1. The van der Waals surface area contributed by atoms with Crippen LogP contribution in [-0.2, 0) is 19.1 Å². The third-order valence-electron chi connectivity index (χ3n) is 7.58. The van der Waals surface area contributed by atoms with Crippen LogP contribution in [0.5, 0.6) is 0 Å². The van der Waals surface area contributed by atoms with Gasteiger partial charge in [-0.15, -0.1) is 0 Å². The standard InChI is InChI=1S/C40H68O5/c1-3-5-7-9-11-13-15-17-18-19-20-21-22-23-25-26-28-30-32-34-39(42)44-37-38(36-41)45-40(43)35-33-31-29-27-24-16-14-12-10-8-6-4-2/h5,7,11,13,17-18,20-21,23,25,38,41H,3-4,6,8-10,12,14-16,19,22,24,26-37H2,1-2H3/t38-/m0/s1. The second-order valence-electron chi connectivity index (χ2n) is 11.9. The first-order chi connectivity index (χ1) is 22.1. The number of unbranched alkanes of at least 4 members (excludes halogenated alkanes) is 14. The van der Waals surface area contributed by atoms with Crippen molar-refractivity contribution >= 4 is 11.9 Å². The zero-order chi connectivity index (χ0) is 32.9. The molecule has 258 valence electrons. The van der Waals surface area contributed by atoms with Crippen molar-refractivity contribution in [1.29, 1.82) is 0 Å². The number of carbonyl (C=O) groups excluding carboxylic acids is 2. The number of rotatable bonds is 32. The fourth-order valence-electron chi connectivity index (χ4n) is 4.81. The maximum absolute atomic E-state index is 12.1. The fourth-order valence-corrected chi connectivity index (χ4v) is 4.81. The molecule has 1 N–H and O–H groups in total. The molecule has 0 spiro atoms. The van der Waals surface area contributed by atoms with E-state index in [1.807, 2.05) is 0 Å². The van der Waals surface area contributed by atoms with Crippen LogP contribution in [0.1, 0.15) is 162 Å². The van der Waals surface area contributed by atoms with Crippen molar-refractivity contribution in [3.8, 4) is 0 Å². The predicted molar refractivity (Wildman–Crippen MR) is 191 cm³/mol. The molecule has 45 heavy (non-hydrogen) atoms. The molecule has 0 aromatic rings. The van der Waals surface area contributed by atoms with Gasteiger partial charge in [0.1, 0.15) is 6.61 Å². The summed E-state index contributed by atoms with van der Waals surface area (Å²) >= 11 is 0. The lowest BCUT2D eigenvalue weighted by atomic mass is 10.0. The van der Waals surface area contributed by atoms with Crippen molar-refractivity contribution in [2.75, 3.05) is 13.2 Å². The third kappa shape index (κ3) is 34.3. The maximum Gasteiger partial charge on any atom is 0.306 e. The normalized spacial score (nSPS) is 12.9. The highest BCUT2D eigenvalue weighted by Crippen LogP contribution is 2.13. The Morgan fingerprint density at radius 3 is 1.44 bits per heavy atom. The van der Waals surface area contributed by atoms with Crippen LogP contribution in [0.15, 0.2) is 60.8 Å². The molecule has 0 fully saturated rings. The number of hydrogen-bond acceptors (Lipinski definition) is 5. The van der Waals surface area contributed by atoms with E-state index in [2.05, 4.69) is 74.6 Å². The molecule has 0 aromatic heterocycles. The van der Waals surface area contributed by atoms with Crippen LogP contribution in [0.3, 0.4) is 0 Å². The minimum absolute atomic E-state index is 0.0838. The van der Waals surface area contributed by atoms with Crippen LogP contribution in [0, 0.1) is 0 Å². The summed E-state index contributed by atoms with van der Waals surface area (Å²) in [6.07, 6.45) is 45.6. The number of carbonyl (C=O) groups is 2. The van der Waals surface area contributed by atoms with Crippen molar-refractivity contribution in [2.24, 2.45) is 0 Å². The average molecular weight is 629 g/mol. The van der Waals surface area contributed by atoms with Crippen LogP contribution in [-0.4, -0.2) is 36.4 Å². The van der Waals surface area contributed by atoms with Crippen LogP contribution >= 0.6 is 0 Å². The number of allylic oxidation sites excluding steroid dienone is 10. The second-order valence-corrected chi connectivity index (χ2v) is 11.9. The molecule has 0 heterocycles. The molecule has 0 bridgehead atoms. The van der Waals surface area contributed by atoms with E-state index >= 15 is 0 Å². The topological polar surface area (TPSA) is 72.8 Å². The zero-order valence-corrected chi connectivity index (χ0v) is 29.1. The molecule has 0 saturated heterocycles. The van der Waals surface area contributed by atoms with Crippen molar-refractivity contribution < 1.29 is 24.2 Å². The molecule has 0 aliphatic rings. The van der Waals surface area contributed by atoms with Crippen LogP contribution in [0.2, 0.25) is 0 Å². The van der Waals surface area contributed by atoms with E-state index in [9.17, 15) is 14.7 Å². The van der Waals surface area contributed by atoms with Gasteiger partial charge >= 0.3 is 11.9 Å². The largest absolute Gasteiger partial charge is 0.462 e. The Balaban J connectivity index is 3.66. The average Bonchev–Trinajstić information content (AvgIpc) is 3.04. The van der Waals surface area contributed by atoms with Crippen LogP contribution < -0.4 is 0 Å². The van der Waals surface area contributed by atoms with Gasteiger partial charge in [0.05, 0.1) is 6.61 Å². The molecule has 0 amide bonds. The molecule has 1 atom stereocenters. The zero-order valence-electron chi connectivity index (χ0n) is 29.1. The molecular weight excluding hydrogens is 560 g/mol. The Hall–Kier alpha value is -2.40. The number of aliphatic hydroxyl groups is 1. The third-order valence-corrected chi connectivity index (χ3v) is 7.58. The Bertz CT molecular complexity index is 808. The van der Waals surface area contributed by atoms with Crippen molar-refractivity contribution in [2.45, 2.75) is 168 Å². The van der Waals surface area contributed by atoms with E-state index < -0.39 is 6.10 Å². The first kappa shape index (κ1) is 42.6. The maximum atomic E-state index is 12.1. The van der Waals surface area contributed by atoms with Gasteiger partial charge in [-0.05, 0) is 57.8 Å². The molecule has 0 radical (unpaired) electrons. The summed E-state index contributed by atoms with van der Waals surface area (Å²) in [4.78, 5) is 24.2. The minimum atomic E-state index is -0.783. The van der Waals surface area contributed by atoms with Gasteiger partial charge in [-0.3, -0.25) is 9.59 Å². The van der Waals surface area contributed by atoms with Crippen LogP contribution in [0.4, 0.5) is 0 Å². The highest BCUT2D eigenvalue weighted by molar-refractivity contribution is 5.70. The van der Waals surface area contributed by atoms with Gasteiger partial charge in [0.2, 0.25) is 0 Å². The minimum Gasteiger partial charge on any atom is -0.462 e. The lowest BCUT2D eigenvalue weighted by Gasteiger charge is -2.15. The number of ether oxygens (including phenoxy) is 2. The van der Waals surface area contributed by atoms with Crippen molar-refractivity contribution in [3.05, 3.63) is 60.8 Å². The summed E-state index contributed by atoms with van der Waals surface area (Å²) in [7, 11) is 0. The summed E-state index contributed by atoms with van der Waals surface area (Å²) in [6, 6.07) is 0. The molecule has 5 nitrogen and oxygen atoms in total. The monoisotopic (exact) mass is 629 g/mol. The summed E-state index contributed by atoms with van der Waals surface area (Å²) in [5.41, 5.74) is 0. The van der Waals surface area contributed by atoms with E-state index in [4.69, 9.17) is 9.47 Å². The summed E-state index contributed by atoms with van der Waals surface area (Å²) in [5.74, 6) is -0.632. The van der Waals surface area contributed by atoms with Crippen molar-refractivity contribution in [3.63, 3.8) is 0 Å². The van der Waals surface area contributed by atoms with Crippen LogP contribution in [0.25, 0.3) is 0 Å². The van der Waals surface area contributed by atoms with E-state index in [1.54, 1.807) is 0 Å². The van der Waals surface area contributed by atoms with Gasteiger partial charge in [-0.1, -0.05) is 152 Å². The van der Waals surface area contributed by atoms with Gasteiger partial charge in [0.25, 0.3) is 0 Å². The van der Waals surface area contributed by atoms with Gasteiger partial charge in [-0.25, -0.2) is 0 Å². The lowest BCUT2D eigenvalue weighted by Crippen LogP contribution is -2.28. The first-order valence-electron chi connectivity index (χ1n) is 18.3. The summed E-state index contributed by atoms with van der Waals surface area (Å²) in [6.45, 7) is 3.97. The number of hydrogen-bond donors (Lipinski definition) is 1. The highest BCUT2D eigenvalue weighted by Gasteiger charge is 2.16. The van der Waals surface area contributed by atoms with Gasteiger partial charge in [0.15, 0.2) is 6.10 Å². The molecule has 0 unspecified atom stereocenters. The molecule has 0 aliphatic heterocycles. The Morgan fingerprint density at radius 2 is 0.956 bits per heavy atom. The fraction of sp³-hybridized carbons (Fsp3) is 0.700. The van der Waals surface area contributed by atoms with E-state index in [0.717, 1.165) is 77.0 Å². The first-order valence-corrected chi connectivity index (χ1v) is 18.3. The van der Waals surface area contributed by atoms with Crippen molar-refractivity contribution in [1.82, 2.24) is 0 Å². The molecule has 0 rings (SSSR count). The Kier molecular flexibility index (Phi) is 34.1. The molecule has 5 heteroatoms. The van der Waals surface area contributed by atoms with E-state index in [-0.39, 0.29) is 25.2 Å². The quantitative estimate of drug-likeness (QED) is 0.0456. The van der Waals surface area contributed by atoms with E-state index in [1.165, 1.54) is 57.8 Å². The molecule has 0 aliphatic carbocycles. The predicted octanol–water partition coefficient (Wildman–Crippen LogP) is 11.2. The van der Waals surface area contributed by atoms with E-state index in [0.29, 0.717) is 12.8 Å². The molecular formula is C40H68O5. The second kappa shape index (κ2) is 36.1. The highest BCUT2D eigenvalue weighted by atomic mass is 16.6. The SMILES string of the molecule is CCC=CCC=CCC=CCC=CCC=CCCCCCC(=O)OC[C@H](CO)OC(=O)CCCCCCCCCCCCCC. The summed E-state index contributed by atoms with van der Waals surface area (Å²) in [5, 5.41) is 9.52. The smallest absolute Gasteiger partial charge is 0.306 e. The summed E-state index contributed by atoms with van der Waals surface area (Å²) < 4.78 is 10.6. The Labute approximate surface area is 277 Å². The van der Waals surface area contributed by atoms with Gasteiger partial charge in [0, 0.05) is 12.8 Å². The molecule has 0 aromatic carbocycles. The number of esters is 2. The Morgan fingerprint density at radius 1 is 0.533 bits per heavy atom. The van der Waals surface area contributed by atoms with Gasteiger partial charge in [-0.2, -0.15) is 0 Å².